The third-order valence-corrected chi connectivity index (χ3v) is 7.52. The summed E-state index contributed by atoms with van der Waals surface area (Å²) in [6.45, 7) is 7.43. The van der Waals surface area contributed by atoms with Gasteiger partial charge in [0.25, 0.3) is 0 Å². The van der Waals surface area contributed by atoms with Crippen LogP contribution in [0.25, 0.3) is 0 Å². The van der Waals surface area contributed by atoms with Crippen molar-refractivity contribution in [3.8, 4) is 0 Å². The van der Waals surface area contributed by atoms with Gasteiger partial charge in [-0.05, 0) is 43.1 Å². The molecule has 0 aromatic rings. The standard InChI is InChI=1S/C15H31NO3S/c1-5-15(2,3)13-7-6-12(11-16)14(10-13)20(17,18)9-8-19-4/h12-14H,5-11,16H2,1-4H3. The van der Waals surface area contributed by atoms with Crippen molar-refractivity contribution in [3.63, 3.8) is 0 Å². The molecule has 5 heteroatoms. The van der Waals surface area contributed by atoms with E-state index in [0.717, 1.165) is 25.7 Å². The van der Waals surface area contributed by atoms with E-state index >= 15 is 0 Å². The zero-order valence-corrected chi connectivity index (χ0v) is 14.2. The van der Waals surface area contributed by atoms with Crippen LogP contribution in [0.4, 0.5) is 0 Å². The van der Waals surface area contributed by atoms with Gasteiger partial charge in [0.2, 0.25) is 0 Å². The molecule has 0 amide bonds. The van der Waals surface area contributed by atoms with Crippen LogP contribution in [0.2, 0.25) is 0 Å². The maximum atomic E-state index is 12.5. The zero-order valence-electron chi connectivity index (χ0n) is 13.4. The fourth-order valence-corrected chi connectivity index (χ4v) is 5.31. The number of rotatable bonds is 7. The lowest BCUT2D eigenvalue weighted by atomic mass is 9.67. The Bertz CT molecular complexity index is 392. The predicted molar refractivity (Wildman–Crippen MR) is 83.4 cm³/mol. The minimum atomic E-state index is -3.11. The number of hydrogen-bond donors (Lipinski definition) is 1. The lowest BCUT2D eigenvalue weighted by molar-refractivity contribution is 0.132. The second-order valence-corrected chi connectivity index (χ2v) is 9.09. The average molecular weight is 305 g/mol. The molecule has 1 rings (SSSR count). The first-order valence-electron chi connectivity index (χ1n) is 7.69. The van der Waals surface area contributed by atoms with Gasteiger partial charge in [-0.2, -0.15) is 0 Å². The van der Waals surface area contributed by atoms with Gasteiger partial charge in [-0.1, -0.05) is 27.2 Å². The van der Waals surface area contributed by atoms with E-state index < -0.39 is 9.84 Å². The molecule has 3 atom stereocenters. The maximum absolute atomic E-state index is 12.5. The number of ether oxygens (including phenoxy) is 1. The average Bonchev–Trinajstić information content (AvgIpc) is 2.44. The molecule has 1 fully saturated rings. The van der Waals surface area contributed by atoms with Gasteiger partial charge in [0.05, 0.1) is 17.6 Å². The Kier molecular flexibility index (Phi) is 6.48. The highest BCUT2D eigenvalue weighted by Gasteiger charge is 2.42. The van der Waals surface area contributed by atoms with Crippen LogP contribution in [-0.2, 0) is 14.6 Å². The van der Waals surface area contributed by atoms with Gasteiger partial charge in [-0.3, -0.25) is 0 Å². The fraction of sp³-hybridized carbons (Fsp3) is 1.00. The Hall–Kier alpha value is -0.130. The lowest BCUT2D eigenvalue weighted by Gasteiger charge is -2.42. The van der Waals surface area contributed by atoms with Crippen molar-refractivity contribution in [1.29, 1.82) is 0 Å². The van der Waals surface area contributed by atoms with E-state index in [1.807, 2.05) is 0 Å². The molecule has 0 spiro atoms. The van der Waals surface area contributed by atoms with Crippen molar-refractivity contribution in [2.45, 2.75) is 51.7 Å². The van der Waals surface area contributed by atoms with Crippen LogP contribution in [0, 0.1) is 17.3 Å². The Morgan fingerprint density at radius 3 is 2.45 bits per heavy atom. The van der Waals surface area contributed by atoms with E-state index in [9.17, 15) is 8.42 Å². The molecule has 3 unspecified atom stereocenters. The highest BCUT2D eigenvalue weighted by Crippen LogP contribution is 2.44. The van der Waals surface area contributed by atoms with Crippen molar-refractivity contribution >= 4 is 9.84 Å². The van der Waals surface area contributed by atoms with E-state index in [1.165, 1.54) is 0 Å². The van der Waals surface area contributed by atoms with Gasteiger partial charge in [0.15, 0.2) is 9.84 Å². The molecule has 1 saturated carbocycles. The van der Waals surface area contributed by atoms with Crippen LogP contribution in [0.15, 0.2) is 0 Å². The quantitative estimate of drug-likeness (QED) is 0.783. The summed E-state index contributed by atoms with van der Waals surface area (Å²) in [4.78, 5) is 0. The van der Waals surface area contributed by atoms with Crippen molar-refractivity contribution in [2.75, 3.05) is 26.0 Å². The van der Waals surface area contributed by atoms with Crippen molar-refractivity contribution in [2.24, 2.45) is 23.0 Å². The third kappa shape index (κ3) is 4.18. The Morgan fingerprint density at radius 2 is 1.95 bits per heavy atom. The topological polar surface area (TPSA) is 69.4 Å². The lowest BCUT2D eigenvalue weighted by Crippen LogP contribution is -2.44. The van der Waals surface area contributed by atoms with E-state index in [2.05, 4.69) is 20.8 Å². The number of hydrogen-bond acceptors (Lipinski definition) is 4. The van der Waals surface area contributed by atoms with Gasteiger partial charge in [0.1, 0.15) is 0 Å². The monoisotopic (exact) mass is 305 g/mol. The minimum absolute atomic E-state index is 0.112. The molecule has 0 aromatic heterocycles. The van der Waals surface area contributed by atoms with Gasteiger partial charge >= 0.3 is 0 Å². The molecule has 1 aliphatic rings. The molecule has 2 N–H and O–H groups in total. The smallest absolute Gasteiger partial charge is 0.155 e. The molecule has 20 heavy (non-hydrogen) atoms. The predicted octanol–water partition coefficient (Wildman–Crippen LogP) is 2.23. The molecule has 0 aliphatic heterocycles. The molecule has 0 heterocycles. The fourth-order valence-electron chi connectivity index (χ4n) is 3.25. The summed E-state index contributed by atoms with van der Waals surface area (Å²) in [6.07, 6.45) is 3.87. The Balaban J connectivity index is 2.89. The SMILES string of the molecule is CCC(C)(C)C1CCC(CN)C(S(=O)(=O)CCOC)C1. The van der Waals surface area contributed by atoms with Crippen molar-refractivity contribution in [3.05, 3.63) is 0 Å². The van der Waals surface area contributed by atoms with E-state index in [-0.39, 0.29) is 28.9 Å². The molecular formula is C15H31NO3S. The summed E-state index contributed by atoms with van der Waals surface area (Å²) in [5.74, 6) is 0.697. The van der Waals surface area contributed by atoms with E-state index in [4.69, 9.17) is 10.5 Å². The van der Waals surface area contributed by atoms with Crippen LogP contribution >= 0.6 is 0 Å². The number of methoxy groups -OCH3 is 1. The molecule has 0 bridgehead atoms. The van der Waals surface area contributed by atoms with Gasteiger partial charge in [-0.15, -0.1) is 0 Å². The summed E-state index contributed by atoms with van der Waals surface area (Å²) in [6, 6.07) is 0. The first-order chi connectivity index (χ1) is 9.28. The summed E-state index contributed by atoms with van der Waals surface area (Å²) < 4.78 is 30.0. The Morgan fingerprint density at radius 1 is 1.30 bits per heavy atom. The number of nitrogens with two attached hydrogens (primary N) is 1. The highest BCUT2D eigenvalue weighted by atomic mass is 32.2. The molecule has 0 radical (unpaired) electrons. The Labute approximate surface area is 124 Å². The van der Waals surface area contributed by atoms with Gasteiger partial charge in [-0.25, -0.2) is 8.42 Å². The van der Waals surface area contributed by atoms with E-state index in [0.29, 0.717) is 12.5 Å². The second kappa shape index (κ2) is 7.23. The largest absolute Gasteiger partial charge is 0.384 e. The molecule has 1 aliphatic carbocycles. The van der Waals surface area contributed by atoms with Crippen LogP contribution in [0.3, 0.4) is 0 Å². The molecule has 4 nitrogen and oxygen atoms in total. The first kappa shape index (κ1) is 17.9. The molecule has 120 valence electrons. The summed E-state index contributed by atoms with van der Waals surface area (Å²) >= 11 is 0. The summed E-state index contributed by atoms with van der Waals surface area (Å²) in [7, 11) is -1.57. The first-order valence-corrected chi connectivity index (χ1v) is 9.40. The van der Waals surface area contributed by atoms with Gasteiger partial charge < -0.3 is 10.5 Å². The summed E-state index contributed by atoms with van der Waals surface area (Å²) in [5.41, 5.74) is 6.01. The van der Waals surface area contributed by atoms with Crippen LogP contribution in [0.5, 0.6) is 0 Å². The molecule has 0 saturated heterocycles. The zero-order chi connectivity index (χ0) is 15.4. The third-order valence-electron chi connectivity index (χ3n) is 5.28. The molecular weight excluding hydrogens is 274 g/mol. The van der Waals surface area contributed by atoms with Crippen LogP contribution in [-0.4, -0.2) is 39.7 Å². The summed E-state index contributed by atoms with van der Waals surface area (Å²) in [5, 5.41) is -0.285. The molecule has 0 aromatic carbocycles. The van der Waals surface area contributed by atoms with Crippen LogP contribution in [0.1, 0.15) is 46.5 Å². The second-order valence-electron chi connectivity index (χ2n) is 6.75. The normalized spacial score (nSPS) is 28.6. The van der Waals surface area contributed by atoms with Gasteiger partial charge in [0, 0.05) is 7.11 Å². The minimum Gasteiger partial charge on any atom is -0.384 e. The number of sulfone groups is 1. The van der Waals surface area contributed by atoms with E-state index in [1.54, 1.807) is 7.11 Å². The maximum Gasteiger partial charge on any atom is 0.155 e. The van der Waals surface area contributed by atoms with Crippen molar-refractivity contribution < 1.29 is 13.2 Å². The highest BCUT2D eigenvalue weighted by molar-refractivity contribution is 7.92. The van der Waals surface area contributed by atoms with Crippen molar-refractivity contribution in [1.82, 2.24) is 0 Å². The van der Waals surface area contributed by atoms with Crippen LogP contribution < -0.4 is 5.73 Å².